The molecular formula is C14H19NO4. The average Bonchev–Trinajstić information content (AvgIpc) is 2.31. The second-order valence-electron chi connectivity index (χ2n) is 4.11. The lowest BCUT2D eigenvalue weighted by Crippen LogP contribution is -2.19. The van der Waals surface area contributed by atoms with Crippen LogP contribution >= 0.6 is 0 Å². The molecule has 1 aromatic carbocycles. The number of benzene rings is 1. The van der Waals surface area contributed by atoms with Gasteiger partial charge in [0, 0.05) is 6.92 Å². The molecule has 0 radical (unpaired) electrons. The highest BCUT2D eigenvalue weighted by atomic mass is 16.5. The molecule has 5 heteroatoms. The van der Waals surface area contributed by atoms with Gasteiger partial charge in [0.2, 0.25) is 5.91 Å². The Kier molecular flexibility index (Phi) is 5.85. The first kappa shape index (κ1) is 15.0. The molecule has 0 spiro atoms. The van der Waals surface area contributed by atoms with Crippen LogP contribution in [0.3, 0.4) is 0 Å². The number of nitrogens with one attached hydrogen (secondary N) is 1. The summed E-state index contributed by atoms with van der Waals surface area (Å²) in [5.41, 5.74) is 0.589. The highest BCUT2D eigenvalue weighted by Gasteiger charge is 2.13. The Balaban J connectivity index is 2.65. The van der Waals surface area contributed by atoms with Gasteiger partial charge in [0.05, 0.1) is 18.7 Å². The van der Waals surface area contributed by atoms with E-state index in [1.807, 2.05) is 0 Å². The molecule has 0 aliphatic rings. The van der Waals surface area contributed by atoms with Crippen LogP contribution < -0.4 is 10.1 Å². The molecule has 1 rings (SSSR count). The zero-order valence-electron chi connectivity index (χ0n) is 11.4. The van der Waals surface area contributed by atoms with E-state index in [1.165, 1.54) is 6.92 Å². The van der Waals surface area contributed by atoms with Gasteiger partial charge in [0.25, 0.3) is 0 Å². The van der Waals surface area contributed by atoms with Crippen molar-refractivity contribution in [2.24, 2.45) is 0 Å². The van der Waals surface area contributed by atoms with Crippen LogP contribution in [0.25, 0.3) is 0 Å². The first-order valence-electron chi connectivity index (χ1n) is 6.21. The van der Waals surface area contributed by atoms with Gasteiger partial charge in [-0.3, -0.25) is 9.59 Å². The van der Waals surface area contributed by atoms with Gasteiger partial charge in [0.15, 0.2) is 0 Å². The van der Waals surface area contributed by atoms with E-state index >= 15 is 0 Å². The number of rotatable bonds is 6. The van der Waals surface area contributed by atoms with E-state index in [4.69, 9.17) is 9.47 Å². The molecule has 1 amide bonds. The number of para-hydroxylation sites is 2. The van der Waals surface area contributed by atoms with Crippen LogP contribution in [-0.4, -0.2) is 24.6 Å². The standard InChI is InChI=1S/C14H19NO4/c1-4-18-14(17)9-10(2)19-13-8-6-5-7-12(13)15-11(3)16/h5-8,10H,4,9H2,1-3H3,(H,15,16). The van der Waals surface area contributed by atoms with Crippen molar-refractivity contribution in [3.05, 3.63) is 24.3 Å². The summed E-state index contributed by atoms with van der Waals surface area (Å²) in [6.07, 6.45) is -0.156. The summed E-state index contributed by atoms with van der Waals surface area (Å²) in [6.45, 7) is 5.32. The van der Waals surface area contributed by atoms with Crippen molar-refractivity contribution in [3.8, 4) is 5.75 Å². The number of anilines is 1. The molecule has 0 aliphatic heterocycles. The molecular weight excluding hydrogens is 246 g/mol. The summed E-state index contributed by atoms with van der Waals surface area (Å²) < 4.78 is 10.5. The SMILES string of the molecule is CCOC(=O)CC(C)Oc1ccccc1NC(C)=O. The van der Waals surface area contributed by atoms with E-state index in [1.54, 1.807) is 38.1 Å². The van der Waals surface area contributed by atoms with Crippen LogP contribution in [0.15, 0.2) is 24.3 Å². The predicted molar refractivity (Wildman–Crippen MR) is 72.1 cm³/mol. The number of carbonyl (C=O) groups excluding carboxylic acids is 2. The molecule has 0 heterocycles. The summed E-state index contributed by atoms with van der Waals surface area (Å²) in [7, 11) is 0. The minimum atomic E-state index is -0.325. The third kappa shape index (κ3) is 5.42. The largest absolute Gasteiger partial charge is 0.488 e. The molecule has 0 aliphatic carbocycles. The van der Waals surface area contributed by atoms with Gasteiger partial charge in [-0.1, -0.05) is 12.1 Å². The van der Waals surface area contributed by atoms with Gasteiger partial charge in [0.1, 0.15) is 11.9 Å². The fraction of sp³-hybridized carbons (Fsp3) is 0.429. The summed E-state index contributed by atoms with van der Waals surface area (Å²) in [4.78, 5) is 22.4. The normalized spacial score (nSPS) is 11.5. The smallest absolute Gasteiger partial charge is 0.309 e. The van der Waals surface area contributed by atoms with Gasteiger partial charge in [-0.15, -0.1) is 0 Å². The van der Waals surface area contributed by atoms with Crippen LogP contribution in [0, 0.1) is 0 Å². The van der Waals surface area contributed by atoms with Gasteiger partial charge < -0.3 is 14.8 Å². The molecule has 1 unspecified atom stereocenters. The Bertz CT molecular complexity index is 445. The van der Waals surface area contributed by atoms with E-state index in [0.717, 1.165) is 0 Å². The van der Waals surface area contributed by atoms with Crippen molar-refractivity contribution in [1.82, 2.24) is 0 Å². The maximum atomic E-state index is 11.3. The number of ether oxygens (including phenoxy) is 2. The van der Waals surface area contributed by atoms with E-state index in [2.05, 4.69) is 5.32 Å². The minimum absolute atomic E-state index is 0.169. The lowest BCUT2D eigenvalue weighted by Gasteiger charge is -2.16. The number of hydrogen-bond acceptors (Lipinski definition) is 4. The second kappa shape index (κ2) is 7.41. The fourth-order valence-corrected chi connectivity index (χ4v) is 1.58. The van der Waals surface area contributed by atoms with Crippen molar-refractivity contribution in [3.63, 3.8) is 0 Å². The van der Waals surface area contributed by atoms with Crippen molar-refractivity contribution in [1.29, 1.82) is 0 Å². The molecule has 0 saturated carbocycles. The Hall–Kier alpha value is -2.04. The Morgan fingerprint density at radius 1 is 1.32 bits per heavy atom. The van der Waals surface area contributed by atoms with Crippen LogP contribution in [0.5, 0.6) is 5.75 Å². The first-order chi connectivity index (χ1) is 9.02. The van der Waals surface area contributed by atoms with Crippen LogP contribution in [0.1, 0.15) is 27.2 Å². The van der Waals surface area contributed by atoms with Crippen LogP contribution in [0.4, 0.5) is 5.69 Å². The maximum Gasteiger partial charge on any atom is 0.309 e. The summed E-state index contributed by atoms with van der Waals surface area (Å²) in [5, 5.41) is 2.68. The molecule has 0 saturated heterocycles. The highest BCUT2D eigenvalue weighted by Crippen LogP contribution is 2.25. The van der Waals surface area contributed by atoms with E-state index in [9.17, 15) is 9.59 Å². The number of amides is 1. The van der Waals surface area contributed by atoms with Crippen molar-refractivity contribution in [2.45, 2.75) is 33.3 Å². The zero-order valence-corrected chi connectivity index (χ0v) is 11.4. The topological polar surface area (TPSA) is 64.6 Å². The van der Waals surface area contributed by atoms with Gasteiger partial charge >= 0.3 is 5.97 Å². The van der Waals surface area contributed by atoms with Crippen molar-refractivity contribution >= 4 is 17.6 Å². The van der Waals surface area contributed by atoms with E-state index < -0.39 is 0 Å². The monoisotopic (exact) mass is 265 g/mol. The van der Waals surface area contributed by atoms with Crippen molar-refractivity contribution in [2.75, 3.05) is 11.9 Å². The fourth-order valence-electron chi connectivity index (χ4n) is 1.58. The second-order valence-corrected chi connectivity index (χ2v) is 4.11. The van der Waals surface area contributed by atoms with Gasteiger partial charge in [-0.25, -0.2) is 0 Å². The number of hydrogen-bond donors (Lipinski definition) is 1. The third-order valence-electron chi connectivity index (χ3n) is 2.29. The Morgan fingerprint density at radius 3 is 2.63 bits per heavy atom. The maximum absolute atomic E-state index is 11.3. The minimum Gasteiger partial charge on any atom is -0.488 e. The molecule has 0 aromatic heterocycles. The van der Waals surface area contributed by atoms with Crippen LogP contribution in [-0.2, 0) is 14.3 Å². The van der Waals surface area contributed by atoms with Gasteiger partial charge in [-0.05, 0) is 26.0 Å². The highest BCUT2D eigenvalue weighted by molar-refractivity contribution is 5.90. The molecule has 0 bridgehead atoms. The predicted octanol–water partition coefficient (Wildman–Crippen LogP) is 2.37. The first-order valence-corrected chi connectivity index (χ1v) is 6.21. The molecule has 19 heavy (non-hydrogen) atoms. The molecule has 104 valence electrons. The van der Waals surface area contributed by atoms with Crippen LogP contribution in [0.2, 0.25) is 0 Å². The summed E-state index contributed by atoms with van der Waals surface area (Å²) in [5.74, 6) is 0.0654. The van der Waals surface area contributed by atoms with Crippen molar-refractivity contribution < 1.29 is 19.1 Å². The Morgan fingerprint density at radius 2 is 2.00 bits per heavy atom. The number of carbonyl (C=O) groups is 2. The van der Waals surface area contributed by atoms with E-state index in [-0.39, 0.29) is 24.4 Å². The molecule has 1 N–H and O–H groups in total. The molecule has 1 aromatic rings. The Labute approximate surface area is 112 Å². The average molecular weight is 265 g/mol. The molecule has 0 fully saturated rings. The van der Waals surface area contributed by atoms with Gasteiger partial charge in [-0.2, -0.15) is 0 Å². The lowest BCUT2D eigenvalue weighted by atomic mass is 10.2. The summed E-state index contributed by atoms with van der Waals surface area (Å²) >= 11 is 0. The zero-order chi connectivity index (χ0) is 14.3. The van der Waals surface area contributed by atoms with E-state index in [0.29, 0.717) is 18.0 Å². The number of esters is 1. The lowest BCUT2D eigenvalue weighted by molar-refractivity contribution is -0.144. The summed E-state index contributed by atoms with van der Waals surface area (Å²) in [6, 6.07) is 7.09. The molecule has 1 atom stereocenters. The quantitative estimate of drug-likeness (QED) is 0.802. The molecule has 5 nitrogen and oxygen atoms in total. The third-order valence-corrected chi connectivity index (χ3v) is 2.29.